The number of carboxylic acids is 1. The maximum atomic E-state index is 11.8. The summed E-state index contributed by atoms with van der Waals surface area (Å²) >= 11 is 0. The Labute approximate surface area is 104 Å². The van der Waals surface area contributed by atoms with Crippen molar-refractivity contribution in [3.05, 3.63) is 0 Å². The van der Waals surface area contributed by atoms with Crippen molar-refractivity contribution in [2.24, 2.45) is 5.73 Å². The Bertz CT molecular complexity index is 359. The molecule has 1 rings (SSSR count). The third-order valence-corrected chi connectivity index (χ3v) is 2.70. The van der Waals surface area contributed by atoms with Crippen molar-refractivity contribution in [3.8, 4) is 0 Å². The number of likely N-dealkylation sites (tertiary alicyclic amines) is 1. The Balaban J connectivity index is 2.60. The summed E-state index contributed by atoms with van der Waals surface area (Å²) in [6.07, 6.45) is -0.865. The van der Waals surface area contributed by atoms with Crippen LogP contribution in [-0.4, -0.2) is 57.8 Å². The number of amides is 3. The summed E-state index contributed by atoms with van der Waals surface area (Å²) < 4.78 is 0. The van der Waals surface area contributed by atoms with Gasteiger partial charge in [0.15, 0.2) is 0 Å². The third-order valence-electron chi connectivity index (χ3n) is 2.70. The standard InChI is InChI=1S/C10H17N3O5/c1-5(2-8(11)15)12-10(18)13-4-6(14)3-7(13)9(16)17/h5-7,14H,2-4H2,1H3,(H2,11,15)(H,12,18)(H,16,17)/t5?,6-,7+/m1/s1. The number of urea groups is 1. The Kier molecular flexibility index (Phi) is 4.49. The molecule has 1 heterocycles. The molecule has 8 heteroatoms. The van der Waals surface area contributed by atoms with Crippen LogP contribution in [0.25, 0.3) is 0 Å². The van der Waals surface area contributed by atoms with E-state index >= 15 is 0 Å². The van der Waals surface area contributed by atoms with Gasteiger partial charge in [-0.1, -0.05) is 0 Å². The van der Waals surface area contributed by atoms with Crippen LogP contribution >= 0.6 is 0 Å². The van der Waals surface area contributed by atoms with Crippen LogP contribution in [0.4, 0.5) is 4.79 Å². The van der Waals surface area contributed by atoms with Crippen LogP contribution < -0.4 is 11.1 Å². The van der Waals surface area contributed by atoms with Crippen molar-refractivity contribution < 1.29 is 24.6 Å². The summed E-state index contributed by atoms with van der Waals surface area (Å²) in [4.78, 5) is 34.4. The van der Waals surface area contributed by atoms with Crippen LogP contribution in [0.3, 0.4) is 0 Å². The maximum absolute atomic E-state index is 11.8. The predicted molar refractivity (Wildman–Crippen MR) is 60.6 cm³/mol. The van der Waals surface area contributed by atoms with Gasteiger partial charge in [0.2, 0.25) is 5.91 Å². The number of carbonyl (C=O) groups excluding carboxylic acids is 2. The molecule has 0 aliphatic carbocycles. The van der Waals surface area contributed by atoms with Crippen molar-refractivity contribution in [1.82, 2.24) is 10.2 Å². The second-order valence-corrected chi connectivity index (χ2v) is 4.42. The van der Waals surface area contributed by atoms with Crippen LogP contribution in [0.1, 0.15) is 19.8 Å². The van der Waals surface area contributed by atoms with E-state index in [0.29, 0.717) is 0 Å². The van der Waals surface area contributed by atoms with E-state index in [1.807, 2.05) is 0 Å². The fourth-order valence-corrected chi connectivity index (χ4v) is 1.92. The van der Waals surface area contributed by atoms with Crippen molar-refractivity contribution in [1.29, 1.82) is 0 Å². The van der Waals surface area contributed by atoms with E-state index in [9.17, 15) is 19.5 Å². The fourth-order valence-electron chi connectivity index (χ4n) is 1.92. The largest absolute Gasteiger partial charge is 0.480 e. The SMILES string of the molecule is CC(CC(N)=O)NC(=O)N1C[C@H](O)C[C@H]1C(=O)O. The lowest BCUT2D eigenvalue weighted by Crippen LogP contribution is -2.49. The maximum Gasteiger partial charge on any atom is 0.326 e. The second-order valence-electron chi connectivity index (χ2n) is 4.42. The molecule has 0 saturated carbocycles. The molecule has 0 spiro atoms. The molecular formula is C10H17N3O5. The summed E-state index contributed by atoms with van der Waals surface area (Å²) in [7, 11) is 0. The first-order valence-electron chi connectivity index (χ1n) is 5.57. The van der Waals surface area contributed by atoms with Crippen molar-refractivity contribution in [2.45, 2.75) is 38.0 Å². The van der Waals surface area contributed by atoms with Crippen molar-refractivity contribution in [2.75, 3.05) is 6.54 Å². The minimum absolute atomic E-state index is 0.00690. The average molecular weight is 259 g/mol. The van der Waals surface area contributed by atoms with E-state index in [2.05, 4.69) is 5.32 Å². The number of carboxylic acid groups (broad SMARTS) is 1. The number of nitrogens with zero attached hydrogens (tertiary/aromatic N) is 1. The number of hydrogen-bond donors (Lipinski definition) is 4. The quantitative estimate of drug-likeness (QED) is 0.486. The van der Waals surface area contributed by atoms with Crippen molar-refractivity contribution in [3.63, 3.8) is 0 Å². The molecule has 102 valence electrons. The highest BCUT2D eigenvalue weighted by Crippen LogP contribution is 2.18. The molecule has 1 aliphatic rings. The lowest BCUT2D eigenvalue weighted by atomic mass is 10.2. The number of primary amides is 1. The van der Waals surface area contributed by atoms with E-state index < -0.39 is 36.1 Å². The Morgan fingerprint density at radius 3 is 2.61 bits per heavy atom. The summed E-state index contributed by atoms with van der Waals surface area (Å²) in [5, 5.41) is 20.8. The summed E-state index contributed by atoms with van der Waals surface area (Å²) in [6.45, 7) is 1.55. The van der Waals surface area contributed by atoms with Gasteiger partial charge in [0, 0.05) is 25.4 Å². The fraction of sp³-hybridized carbons (Fsp3) is 0.700. The minimum Gasteiger partial charge on any atom is -0.480 e. The number of carbonyl (C=O) groups is 3. The molecule has 1 fully saturated rings. The molecule has 0 aromatic heterocycles. The van der Waals surface area contributed by atoms with Gasteiger partial charge in [0.1, 0.15) is 6.04 Å². The molecule has 0 aromatic rings. The van der Waals surface area contributed by atoms with Crippen molar-refractivity contribution >= 4 is 17.9 Å². The highest BCUT2D eigenvalue weighted by atomic mass is 16.4. The molecule has 18 heavy (non-hydrogen) atoms. The number of aliphatic hydroxyl groups is 1. The molecule has 1 aliphatic heterocycles. The van der Waals surface area contributed by atoms with E-state index in [1.54, 1.807) is 6.92 Å². The van der Waals surface area contributed by atoms with Crippen LogP contribution in [0.2, 0.25) is 0 Å². The smallest absolute Gasteiger partial charge is 0.326 e. The van der Waals surface area contributed by atoms with Crippen LogP contribution in [-0.2, 0) is 9.59 Å². The van der Waals surface area contributed by atoms with Gasteiger partial charge in [-0.25, -0.2) is 9.59 Å². The lowest BCUT2D eigenvalue weighted by Gasteiger charge is -2.23. The highest BCUT2D eigenvalue weighted by Gasteiger charge is 2.39. The molecule has 1 unspecified atom stereocenters. The molecule has 3 amide bonds. The normalized spacial score (nSPS) is 24.7. The van der Waals surface area contributed by atoms with Gasteiger partial charge in [0.25, 0.3) is 0 Å². The van der Waals surface area contributed by atoms with Crippen LogP contribution in [0, 0.1) is 0 Å². The zero-order chi connectivity index (χ0) is 13.9. The first kappa shape index (κ1) is 14.2. The van der Waals surface area contributed by atoms with Gasteiger partial charge in [-0.2, -0.15) is 0 Å². The van der Waals surface area contributed by atoms with Gasteiger partial charge in [0.05, 0.1) is 6.10 Å². The number of aliphatic hydroxyl groups excluding tert-OH is 1. The van der Waals surface area contributed by atoms with Crippen LogP contribution in [0.15, 0.2) is 0 Å². The van der Waals surface area contributed by atoms with Gasteiger partial charge in [-0.15, -0.1) is 0 Å². The van der Waals surface area contributed by atoms with Gasteiger partial charge in [-0.3, -0.25) is 4.79 Å². The third kappa shape index (κ3) is 3.59. The zero-order valence-corrected chi connectivity index (χ0v) is 10.00. The van der Waals surface area contributed by atoms with E-state index in [0.717, 1.165) is 4.90 Å². The number of hydrogen-bond acceptors (Lipinski definition) is 4. The second kappa shape index (κ2) is 5.67. The molecule has 5 N–H and O–H groups in total. The van der Waals surface area contributed by atoms with E-state index in [1.165, 1.54) is 0 Å². The lowest BCUT2D eigenvalue weighted by molar-refractivity contribution is -0.141. The Morgan fingerprint density at radius 1 is 1.50 bits per heavy atom. The van der Waals surface area contributed by atoms with Crippen LogP contribution in [0.5, 0.6) is 0 Å². The first-order valence-corrected chi connectivity index (χ1v) is 5.57. The minimum atomic E-state index is -1.16. The average Bonchev–Trinajstić information content (AvgIpc) is 2.58. The zero-order valence-electron chi connectivity index (χ0n) is 10.00. The number of nitrogens with two attached hydrogens (primary N) is 1. The number of nitrogens with one attached hydrogen (secondary N) is 1. The first-order chi connectivity index (χ1) is 8.31. The summed E-state index contributed by atoms with van der Waals surface area (Å²) in [5.74, 6) is -1.72. The van der Waals surface area contributed by atoms with Gasteiger partial charge < -0.3 is 26.2 Å². The molecule has 0 aromatic carbocycles. The molecule has 0 radical (unpaired) electrons. The molecular weight excluding hydrogens is 242 g/mol. The number of β-amino-alcohol motifs (C(OH)–C–C–N with tert-alkyl or cyclic N) is 1. The van der Waals surface area contributed by atoms with Gasteiger partial charge >= 0.3 is 12.0 Å². The highest BCUT2D eigenvalue weighted by molar-refractivity contribution is 5.84. The summed E-state index contributed by atoms with van der Waals surface area (Å²) in [6, 6.07) is -2.14. The number of aliphatic carboxylic acids is 1. The van der Waals surface area contributed by atoms with Gasteiger partial charge in [-0.05, 0) is 6.92 Å². The Hall–Kier alpha value is -1.83. The van der Waals surface area contributed by atoms with E-state index in [4.69, 9.17) is 10.8 Å². The molecule has 1 saturated heterocycles. The topological polar surface area (TPSA) is 133 Å². The van der Waals surface area contributed by atoms with E-state index in [-0.39, 0.29) is 19.4 Å². The predicted octanol–water partition coefficient (Wildman–Crippen LogP) is -1.52. The Morgan fingerprint density at radius 2 is 2.11 bits per heavy atom. The molecule has 0 bridgehead atoms. The summed E-state index contributed by atoms with van der Waals surface area (Å²) in [5.41, 5.74) is 4.98. The molecule has 3 atom stereocenters. The number of rotatable bonds is 4. The molecule has 8 nitrogen and oxygen atoms in total. The monoisotopic (exact) mass is 259 g/mol.